The minimum atomic E-state index is -0.912. The van der Waals surface area contributed by atoms with Crippen LogP contribution in [0.5, 0.6) is 0 Å². The standard InChI is InChI=1S/C10H18N2O4S/c1-10(2)6(8(13)14)12-7(17-10)5(11-3)9(15)16-4/h5-7,11-12H,1-4H3,(H,13,14). The molecule has 0 aliphatic carbocycles. The molecule has 6 nitrogen and oxygen atoms in total. The molecule has 0 aromatic carbocycles. The van der Waals surface area contributed by atoms with E-state index in [1.54, 1.807) is 7.05 Å². The fourth-order valence-corrected chi connectivity index (χ4v) is 3.39. The number of hydrogen-bond donors (Lipinski definition) is 3. The van der Waals surface area contributed by atoms with Gasteiger partial charge < -0.3 is 15.2 Å². The number of carboxylic acids is 1. The van der Waals surface area contributed by atoms with Crippen LogP contribution < -0.4 is 10.6 Å². The van der Waals surface area contributed by atoms with Gasteiger partial charge in [-0.2, -0.15) is 0 Å². The second-order valence-corrected chi connectivity index (χ2v) is 6.17. The van der Waals surface area contributed by atoms with Crippen molar-refractivity contribution in [3.8, 4) is 0 Å². The summed E-state index contributed by atoms with van der Waals surface area (Å²) in [5, 5.41) is 14.6. The highest BCUT2D eigenvalue weighted by Gasteiger charge is 2.48. The molecule has 0 aromatic heterocycles. The van der Waals surface area contributed by atoms with Crippen molar-refractivity contribution < 1.29 is 19.4 Å². The minimum absolute atomic E-state index is 0.316. The van der Waals surface area contributed by atoms with Gasteiger partial charge in [-0.05, 0) is 20.9 Å². The Balaban J connectivity index is 2.82. The second-order valence-electron chi connectivity index (χ2n) is 4.37. The molecule has 0 radical (unpaired) electrons. The van der Waals surface area contributed by atoms with Crippen molar-refractivity contribution >= 4 is 23.7 Å². The monoisotopic (exact) mass is 262 g/mol. The summed E-state index contributed by atoms with van der Waals surface area (Å²) in [5.74, 6) is -1.32. The van der Waals surface area contributed by atoms with Crippen molar-refractivity contribution in [3.63, 3.8) is 0 Å². The van der Waals surface area contributed by atoms with Gasteiger partial charge in [0.15, 0.2) is 0 Å². The number of carbonyl (C=O) groups is 2. The summed E-state index contributed by atoms with van der Waals surface area (Å²) in [5.41, 5.74) is 0. The van der Waals surface area contributed by atoms with Gasteiger partial charge in [0.2, 0.25) is 0 Å². The van der Waals surface area contributed by atoms with Crippen molar-refractivity contribution in [3.05, 3.63) is 0 Å². The summed E-state index contributed by atoms with van der Waals surface area (Å²) in [6.45, 7) is 3.68. The van der Waals surface area contributed by atoms with Crippen LogP contribution in [0.1, 0.15) is 13.8 Å². The third-order valence-electron chi connectivity index (χ3n) is 2.77. The molecule has 0 saturated carbocycles. The van der Waals surface area contributed by atoms with Crippen molar-refractivity contribution in [1.29, 1.82) is 0 Å². The van der Waals surface area contributed by atoms with E-state index in [0.29, 0.717) is 0 Å². The van der Waals surface area contributed by atoms with Gasteiger partial charge in [0.05, 0.1) is 12.5 Å². The van der Waals surface area contributed by atoms with E-state index in [1.165, 1.54) is 18.9 Å². The summed E-state index contributed by atoms with van der Waals surface area (Å²) in [7, 11) is 2.96. The number of methoxy groups -OCH3 is 1. The number of nitrogens with one attached hydrogen (secondary N) is 2. The Morgan fingerprint density at radius 2 is 2.12 bits per heavy atom. The number of likely N-dealkylation sites (N-methyl/N-ethyl adjacent to an activating group) is 1. The molecular weight excluding hydrogens is 244 g/mol. The number of aliphatic carboxylic acids is 1. The molecule has 0 aromatic rings. The van der Waals surface area contributed by atoms with Crippen LogP contribution in [-0.4, -0.2) is 53.4 Å². The number of carboxylic acid groups (broad SMARTS) is 1. The topological polar surface area (TPSA) is 87.7 Å². The average Bonchev–Trinajstić information content (AvgIpc) is 2.55. The predicted octanol–water partition coefficient (Wildman–Crippen LogP) is -0.358. The largest absolute Gasteiger partial charge is 0.480 e. The Bertz CT molecular complexity index is 321. The van der Waals surface area contributed by atoms with E-state index >= 15 is 0 Å². The fourth-order valence-electron chi connectivity index (χ4n) is 1.85. The highest BCUT2D eigenvalue weighted by molar-refractivity contribution is 8.01. The third kappa shape index (κ3) is 2.91. The quantitative estimate of drug-likeness (QED) is 0.596. The maximum absolute atomic E-state index is 11.5. The molecule has 3 atom stereocenters. The van der Waals surface area contributed by atoms with Crippen LogP contribution in [0, 0.1) is 0 Å². The SMILES string of the molecule is CNC(C(=O)OC)C1NC(C(=O)O)C(C)(C)S1. The maximum Gasteiger partial charge on any atom is 0.325 e. The molecule has 3 unspecified atom stereocenters. The van der Waals surface area contributed by atoms with Crippen LogP contribution in [0.15, 0.2) is 0 Å². The molecule has 1 rings (SSSR count). The van der Waals surface area contributed by atoms with Gasteiger partial charge in [-0.3, -0.25) is 14.9 Å². The molecule has 0 bridgehead atoms. The Kier molecular flexibility index (Phi) is 4.40. The molecule has 3 N–H and O–H groups in total. The predicted molar refractivity (Wildman–Crippen MR) is 64.9 cm³/mol. The Morgan fingerprint density at radius 3 is 2.47 bits per heavy atom. The Hall–Kier alpha value is -0.790. The van der Waals surface area contributed by atoms with Gasteiger partial charge in [-0.25, -0.2) is 0 Å². The molecule has 1 saturated heterocycles. The van der Waals surface area contributed by atoms with E-state index in [4.69, 9.17) is 5.11 Å². The van der Waals surface area contributed by atoms with Crippen LogP contribution in [-0.2, 0) is 14.3 Å². The van der Waals surface area contributed by atoms with E-state index in [9.17, 15) is 9.59 Å². The third-order valence-corrected chi connectivity index (χ3v) is 4.28. The summed E-state index contributed by atoms with van der Waals surface area (Å²) < 4.78 is 4.20. The van der Waals surface area contributed by atoms with Crippen LogP contribution in [0.3, 0.4) is 0 Å². The van der Waals surface area contributed by atoms with Gasteiger partial charge in [0.25, 0.3) is 0 Å². The maximum atomic E-state index is 11.5. The lowest BCUT2D eigenvalue weighted by Crippen LogP contribution is -2.51. The zero-order valence-corrected chi connectivity index (χ0v) is 11.1. The second kappa shape index (κ2) is 5.24. The van der Waals surface area contributed by atoms with Crippen molar-refractivity contribution in [2.45, 2.75) is 36.1 Å². The number of ether oxygens (including phenoxy) is 1. The molecule has 1 aliphatic heterocycles. The van der Waals surface area contributed by atoms with Gasteiger partial charge in [-0.1, -0.05) is 0 Å². The van der Waals surface area contributed by atoms with Crippen molar-refractivity contribution in [2.24, 2.45) is 0 Å². The van der Waals surface area contributed by atoms with E-state index in [0.717, 1.165) is 0 Å². The molecule has 1 fully saturated rings. The normalized spacial score (nSPS) is 28.7. The smallest absolute Gasteiger partial charge is 0.325 e. The summed E-state index contributed by atoms with van der Waals surface area (Å²) in [6.07, 6.45) is 0. The van der Waals surface area contributed by atoms with E-state index in [2.05, 4.69) is 15.4 Å². The van der Waals surface area contributed by atoms with Crippen LogP contribution in [0.2, 0.25) is 0 Å². The first-order valence-corrected chi connectivity index (χ1v) is 6.13. The highest BCUT2D eigenvalue weighted by Crippen LogP contribution is 2.39. The van der Waals surface area contributed by atoms with Gasteiger partial charge >= 0.3 is 11.9 Å². The molecule has 7 heteroatoms. The number of esters is 1. The molecule has 17 heavy (non-hydrogen) atoms. The molecule has 1 heterocycles. The summed E-state index contributed by atoms with van der Waals surface area (Å²) in [6, 6.07) is -1.24. The van der Waals surface area contributed by atoms with E-state index in [1.807, 2.05) is 13.8 Å². The molecular formula is C10H18N2O4S. The highest BCUT2D eigenvalue weighted by atomic mass is 32.2. The number of rotatable bonds is 4. The lowest BCUT2D eigenvalue weighted by molar-refractivity contribution is -0.144. The molecule has 98 valence electrons. The molecule has 0 spiro atoms. The first-order chi connectivity index (χ1) is 7.83. The lowest BCUT2D eigenvalue weighted by Gasteiger charge is -2.21. The van der Waals surface area contributed by atoms with E-state index < -0.39 is 28.8 Å². The zero-order chi connectivity index (χ0) is 13.2. The van der Waals surface area contributed by atoms with E-state index in [-0.39, 0.29) is 5.37 Å². The van der Waals surface area contributed by atoms with Crippen LogP contribution >= 0.6 is 11.8 Å². The van der Waals surface area contributed by atoms with Crippen molar-refractivity contribution in [1.82, 2.24) is 10.6 Å². The minimum Gasteiger partial charge on any atom is -0.480 e. The lowest BCUT2D eigenvalue weighted by atomic mass is 10.0. The summed E-state index contributed by atoms with van der Waals surface area (Å²) >= 11 is 1.43. The molecule has 0 amide bonds. The van der Waals surface area contributed by atoms with Crippen LogP contribution in [0.4, 0.5) is 0 Å². The van der Waals surface area contributed by atoms with Gasteiger partial charge in [-0.15, -0.1) is 11.8 Å². The first kappa shape index (κ1) is 14.3. The Morgan fingerprint density at radius 1 is 1.53 bits per heavy atom. The molecule has 1 aliphatic rings. The first-order valence-electron chi connectivity index (χ1n) is 5.25. The van der Waals surface area contributed by atoms with Gasteiger partial charge in [0, 0.05) is 4.75 Å². The average molecular weight is 262 g/mol. The van der Waals surface area contributed by atoms with Gasteiger partial charge in [0.1, 0.15) is 12.1 Å². The summed E-state index contributed by atoms with van der Waals surface area (Å²) in [4.78, 5) is 22.6. The zero-order valence-electron chi connectivity index (χ0n) is 10.3. The van der Waals surface area contributed by atoms with Crippen LogP contribution in [0.25, 0.3) is 0 Å². The number of carbonyl (C=O) groups excluding carboxylic acids is 1. The fraction of sp³-hybridized carbons (Fsp3) is 0.800. The van der Waals surface area contributed by atoms with Crippen molar-refractivity contribution in [2.75, 3.05) is 14.2 Å². The number of thioether (sulfide) groups is 1. The Labute approximate surface area is 104 Å². The number of hydrogen-bond acceptors (Lipinski definition) is 6.